The average molecular weight is 942 g/mol. The van der Waals surface area contributed by atoms with Crippen LogP contribution in [-0.2, 0) is 0 Å². The van der Waals surface area contributed by atoms with Crippen molar-refractivity contribution in [3.05, 3.63) is 285 Å². The first-order chi connectivity index (χ1) is 36.7. The Morgan fingerprint density at radius 3 is 1.39 bits per heavy atom. The molecule has 0 unspecified atom stereocenters. The van der Waals surface area contributed by atoms with E-state index in [9.17, 15) is 0 Å². The van der Waals surface area contributed by atoms with Crippen LogP contribution in [0.4, 0.5) is 17.1 Å². The molecule has 2 heteroatoms. The third kappa shape index (κ3) is 7.27. The van der Waals surface area contributed by atoms with Gasteiger partial charge in [0.1, 0.15) is 5.58 Å². The zero-order valence-corrected chi connectivity index (χ0v) is 40.5. The summed E-state index contributed by atoms with van der Waals surface area (Å²) in [4.78, 5) is 2.39. The molecule has 0 aliphatic rings. The molecule has 0 aliphatic carbocycles. The van der Waals surface area contributed by atoms with E-state index in [1.807, 2.05) is 6.07 Å². The number of hydrogen-bond donors (Lipinski definition) is 0. The van der Waals surface area contributed by atoms with Crippen molar-refractivity contribution in [1.29, 1.82) is 0 Å². The number of hydrogen-bond acceptors (Lipinski definition) is 2. The second kappa shape index (κ2) is 18.1. The number of rotatable bonds is 9. The maximum absolute atomic E-state index is 6.82. The molecule has 0 spiro atoms. The Bertz CT molecular complexity index is 4380. The van der Waals surface area contributed by atoms with Gasteiger partial charge in [-0.1, -0.05) is 249 Å². The van der Waals surface area contributed by atoms with Crippen LogP contribution in [0.25, 0.3) is 121 Å². The van der Waals surface area contributed by atoms with Crippen molar-refractivity contribution in [3.8, 4) is 66.8 Å². The molecular formula is C72H47NO. The van der Waals surface area contributed by atoms with E-state index < -0.39 is 0 Å². The third-order valence-corrected chi connectivity index (χ3v) is 14.9. The van der Waals surface area contributed by atoms with Crippen molar-refractivity contribution in [2.45, 2.75) is 0 Å². The Labute approximate surface area is 430 Å². The Morgan fingerprint density at radius 1 is 0.243 bits per heavy atom. The molecule has 0 N–H and O–H groups in total. The summed E-state index contributed by atoms with van der Waals surface area (Å²) in [7, 11) is 0. The number of para-hydroxylation sites is 2. The van der Waals surface area contributed by atoms with E-state index in [1.165, 1.54) is 77.2 Å². The van der Waals surface area contributed by atoms with E-state index in [-0.39, 0.29) is 0 Å². The van der Waals surface area contributed by atoms with E-state index in [0.717, 1.165) is 60.9 Å². The summed E-state index contributed by atoms with van der Waals surface area (Å²) < 4.78 is 6.82. The zero-order chi connectivity index (χ0) is 49.0. The Balaban J connectivity index is 1.01. The van der Waals surface area contributed by atoms with Crippen molar-refractivity contribution >= 4 is 71.3 Å². The van der Waals surface area contributed by atoms with Crippen LogP contribution in [0.1, 0.15) is 0 Å². The lowest BCUT2D eigenvalue weighted by molar-refractivity contribution is 0.669. The molecule has 0 fully saturated rings. The summed E-state index contributed by atoms with van der Waals surface area (Å²) in [6.45, 7) is 0. The molecule has 0 saturated carbocycles. The molecule has 14 rings (SSSR count). The Kier molecular flexibility index (Phi) is 10.6. The normalized spacial score (nSPS) is 11.5. The number of nitrogens with zero attached hydrogens (tertiary/aromatic N) is 1. The quantitative estimate of drug-likeness (QED) is 0.143. The molecule has 346 valence electrons. The third-order valence-electron chi connectivity index (χ3n) is 14.9. The summed E-state index contributed by atoms with van der Waals surface area (Å²) in [6.07, 6.45) is 0. The van der Waals surface area contributed by atoms with E-state index in [1.54, 1.807) is 0 Å². The smallest absolute Gasteiger partial charge is 0.159 e. The molecule has 1 heterocycles. The van der Waals surface area contributed by atoms with Crippen LogP contribution in [-0.4, -0.2) is 0 Å². The van der Waals surface area contributed by atoms with Crippen LogP contribution in [0, 0.1) is 0 Å². The highest BCUT2D eigenvalue weighted by atomic mass is 16.3. The van der Waals surface area contributed by atoms with Crippen molar-refractivity contribution < 1.29 is 4.42 Å². The van der Waals surface area contributed by atoms with Crippen molar-refractivity contribution in [3.63, 3.8) is 0 Å². The van der Waals surface area contributed by atoms with Gasteiger partial charge >= 0.3 is 0 Å². The van der Waals surface area contributed by atoms with Gasteiger partial charge in [-0.2, -0.15) is 0 Å². The fourth-order valence-corrected chi connectivity index (χ4v) is 11.6. The first-order valence-electron chi connectivity index (χ1n) is 25.4. The largest absolute Gasteiger partial charge is 0.454 e. The maximum atomic E-state index is 6.82. The molecule has 0 aliphatic heterocycles. The predicted octanol–water partition coefficient (Wildman–Crippen LogP) is 20.5. The topological polar surface area (TPSA) is 16.4 Å². The van der Waals surface area contributed by atoms with E-state index in [2.05, 4.69) is 284 Å². The van der Waals surface area contributed by atoms with Gasteiger partial charge in [0, 0.05) is 21.8 Å². The van der Waals surface area contributed by atoms with Gasteiger partial charge in [0.2, 0.25) is 0 Å². The summed E-state index contributed by atoms with van der Waals surface area (Å²) in [5.41, 5.74) is 19.1. The van der Waals surface area contributed by atoms with Crippen LogP contribution in [0.5, 0.6) is 0 Å². The summed E-state index contributed by atoms with van der Waals surface area (Å²) in [5.74, 6) is 0. The minimum absolute atomic E-state index is 0.848. The van der Waals surface area contributed by atoms with E-state index in [4.69, 9.17) is 4.42 Å². The molecule has 2 nitrogen and oxygen atoms in total. The number of anilines is 3. The van der Waals surface area contributed by atoms with Gasteiger partial charge < -0.3 is 9.32 Å². The van der Waals surface area contributed by atoms with Gasteiger partial charge in [-0.25, -0.2) is 0 Å². The molecule has 0 saturated heterocycles. The van der Waals surface area contributed by atoms with Gasteiger partial charge in [-0.15, -0.1) is 0 Å². The van der Waals surface area contributed by atoms with Crippen LogP contribution in [0.2, 0.25) is 0 Å². The van der Waals surface area contributed by atoms with Crippen molar-refractivity contribution in [2.75, 3.05) is 4.90 Å². The summed E-state index contributed by atoms with van der Waals surface area (Å²) in [6, 6.07) is 104. The van der Waals surface area contributed by atoms with Crippen LogP contribution < -0.4 is 4.90 Å². The highest BCUT2D eigenvalue weighted by Crippen LogP contribution is 2.53. The first kappa shape index (κ1) is 43.1. The molecule has 14 aromatic rings. The van der Waals surface area contributed by atoms with E-state index >= 15 is 0 Å². The standard InChI is InChI=1S/C72H47NO/c1-5-22-50(23-6-1)68-62-44-41-54(47-64(62)69(51-24-7-2-8-25-51)71(53-28-11-4-12-29-53)70(68)52-26-9-3-10-27-52)58-45-46-65(60-33-16-15-32-59(58)60)73(66-37-20-36-63-61-34-17-18-38-67(61)74-72(63)66)55-42-39-49(40-43-55)57-35-19-30-48-21-13-14-31-56(48)57/h1-47H. The van der Waals surface area contributed by atoms with Crippen molar-refractivity contribution in [1.82, 2.24) is 0 Å². The molecule has 0 bridgehead atoms. The lowest BCUT2D eigenvalue weighted by Gasteiger charge is -2.28. The molecule has 13 aromatic carbocycles. The average Bonchev–Trinajstić information content (AvgIpc) is 3.88. The van der Waals surface area contributed by atoms with Gasteiger partial charge in [-0.05, 0) is 130 Å². The van der Waals surface area contributed by atoms with Gasteiger partial charge in [0.25, 0.3) is 0 Å². The van der Waals surface area contributed by atoms with Crippen LogP contribution >= 0.6 is 0 Å². The van der Waals surface area contributed by atoms with Crippen LogP contribution in [0.3, 0.4) is 0 Å². The van der Waals surface area contributed by atoms with Gasteiger partial charge in [0.15, 0.2) is 5.58 Å². The highest BCUT2D eigenvalue weighted by Gasteiger charge is 2.26. The maximum Gasteiger partial charge on any atom is 0.159 e. The Hall–Kier alpha value is -9.76. The fourth-order valence-electron chi connectivity index (χ4n) is 11.6. The predicted molar refractivity (Wildman–Crippen MR) is 314 cm³/mol. The summed E-state index contributed by atoms with van der Waals surface area (Å²) in [5, 5.41) is 9.35. The molecule has 1 aromatic heterocycles. The fraction of sp³-hybridized carbons (Fsp3) is 0. The molecule has 74 heavy (non-hydrogen) atoms. The number of furan rings is 1. The SMILES string of the molecule is c1ccc(-c2c(-c3ccccc3)c(-c3ccccc3)c3cc(-c4ccc(N(c5ccc(-c6cccc7ccccc67)cc5)c5cccc6c5oc5ccccc56)c5ccccc45)ccc3c2-c2ccccc2)cc1. The minimum atomic E-state index is 0.848. The molecule has 0 amide bonds. The molecule has 0 atom stereocenters. The minimum Gasteiger partial charge on any atom is -0.454 e. The number of benzene rings is 13. The monoisotopic (exact) mass is 941 g/mol. The summed E-state index contributed by atoms with van der Waals surface area (Å²) >= 11 is 0. The molecule has 0 radical (unpaired) electrons. The lowest BCUT2D eigenvalue weighted by atomic mass is 9.78. The lowest BCUT2D eigenvalue weighted by Crippen LogP contribution is -2.11. The zero-order valence-electron chi connectivity index (χ0n) is 40.5. The van der Waals surface area contributed by atoms with E-state index in [0.29, 0.717) is 0 Å². The second-order valence-corrected chi connectivity index (χ2v) is 19.1. The molecular weight excluding hydrogens is 895 g/mol. The number of fused-ring (bicyclic) bond motifs is 6. The van der Waals surface area contributed by atoms with Gasteiger partial charge in [0.05, 0.1) is 11.4 Å². The second-order valence-electron chi connectivity index (χ2n) is 19.1. The van der Waals surface area contributed by atoms with Crippen LogP contribution in [0.15, 0.2) is 290 Å². The van der Waals surface area contributed by atoms with Gasteiger partial charge in [-0.3, -0.25) is 0 Å². The highest BCUT2D eigenvalue weighted by molar-refractivity contribution is 6.20. The van der Waals surface area contributed by atoms with Crippen molar-refractivity contribution in [2.24, 2.45) is 0 Å². The first-order valence-corrected chi connectivity index (χ1v) is 25.4. The Morgan fingerprint density at radius 2 is 0.730 bits per heavy atom.